The number of benzene rings is 1. The molecule has 0 saturated heterocycles. The molecule has 114 valence electrons. The zero-order valence-electron chi connectivity index (χ0n) is 12.4. The largest absolute Gasteiger partial charge is 0.497 e. The van der Waals surface area contributed by atoms with E-state index in [0.29, 0.717) is 5.69 Å². The maximum absolute atomic E-state index is 12.4. The van der Waals surface area contributed by atoms with Crippen molar-refractivity contribution in [2.24, 2.45) is 0 Å². The topological polar surface area (TPSA) is 81.4 Å². The number of aromatic nitrogens is 1. The minimum atomic E-state index is -3.68. The molecule has 0 fully saturated rings. The van der Waals surface area contributed by atoms with E-state index in [9.17, 15) is 8.42 Å². The fourth-order valence-electron chi connectivity index (χ4n) is 2.11. The molecule has 1 heterocycles. The summed E-state index contributed by atoms with van der Waals surface area (Å²) >= 11 is 0. The maximum Gasteiger partial charge on any atom is 0.246 e. The summed E-state index contributed by atoms with van der Waals surface area (Å²) in [7, 11) is -2.10. The number of ether oxygens (including phenoxy) is 1. The van der Waals surface area contributed by atoms with Crippen LogP contribution in [-0.2, 0) is 10.0 Å². The van der Waals surface area contributed by atoms with E-state index in [1.807, 2.05) is 12.1 Å². The van der Waals surface area contributed by atoms with Crippen molar-refractivity contribution < 1.29 is 17.7 Å². The fraction of sp³-hybridized carbons (Fsp3) is 0.357. The molecule has 21 heavy (non-hydrogen) atoms. The molecule has 0 bridgehead atoms. The summed E-state index contributed by atoms with van der Waals surface area (Å²) in [5, 5.41) is 3.67. The lowest BCUT2D eigenvalue weighted by molar-refractivity contribution is 0.390. The second kappa shape index (κ2) is 5.87. The predicted octanol–water partition coefficient (Wildman–Crippen LogP) is 2.34. The van der Waals surface area contributed by atoms with Crippen LogP contribution in [0, 0.1) is 13.8 Å². The van der Waals surface area contributed by atoms with Gasteiger partial charge in [-0.15, -0.1) is 0 Å². The van der Waals surface area contributed by atoms with Gasteiger partial charge >= 0.3 is 0 Å². The molecule has 2 rings (SSSR count). The number of sulfonamides is 1. The number of nitrogens with zero attached hydrogens (tertiary/aromatic N) is 1. The van der Waals surface area contributed by atoms with E-state index >= 15 is 0 Å². The number of hydrogen-bond donors (Lipinski definition) is 1. The molecular weight excluding hydrogens is 292 g/mol. The molecule has 0 aliphatic rings. The number of methoxy groups -OCH3 is 1. The van der Waals surface area contributed by atoms with E-state index in [1.165, 1.54) is 0 Å². The number of hydrogen-bond acceptors (Lipinski definition) is 5. The summed E-state index contributed by atoms with van der Waals surface area (Å²) in [6.07, 6.45) is 0. The van der Waals surface area contributed by atoms with Crippen molar-refractivity contribution in [3.8, 4) is 5.75 Å². The van der Waals surface area contributed by atoms with Crippen molar-refractivity contribution >= 4 is 10.0 Å². The predicted molar refractivity (Wildman–Crippen MR) is 77.7 cm³/mol. The fourth-order valence-corrected chi connectivity index (χ4v) is 3.67. The van der Waals surface area contributed by atoms with Crippen LogP contribution in [0.15, 0.2) is 33.7 Å². The van der Waals surface area contributed by atoms with Gasteiger partial charge in [0.2, 0.25) is 10.0 Å². The van der Waals surface area contributed by atoms with Crippen molar-refractivity contribution in [1.82, 2.24) is 9.88 Å². The zero-order valence-corrected chi connectivity index (χ0v) is 13.2. The average Bonchev–Trinajstić information content (AvgIpc) is 2.78. The highest BCUT2D eigenvalue weighted by Gasteiger charge is 2.26. The Hall–Kier alpha value is -1.86. The van der Waals surface area contributed by atoms with E-state index in [4.69, 9.17) is 9.26 Å². The number of rotatable bonds is 5. The summed E-state index contributed by atoms with van der Waals surface area (Å²) in [5.41, 5.74) is 1.19. The lowest BCUT2D eigenvalue weighted by Crippen LogP contribution is -2.27. The SMILES string of the molecule is COc1ccc([C@H](C)NS(=O)(=O)c2c(C)noc2C)cc1. The second-order valence-corrected chi connectivity index (χ2v) is 6.42. The van der Waals surface area contributed by atoms with Crippen LogP contribution in [-0.4, -0.2) is 20.7 Å². The van der Waals surface area contributed by atoms with Crippen LogP contribution in [0.2, 0.25) is 0 Å². The Kier molecular flexibility index (Phi) is 4.34. The minimum absolute atomic E-state index is 0.0999. The van der Waals surface area contributed by atoms with Crippen LogP contribution in [0.1, 0.15) is 30.0 Å². The molecule has 0 spiro atoms. The molecule has 0 aliphatic carbocycles. The van der Waals surface area contributed by atoms with Crippen molar-refractivity contribution in [3.05, 3.63) is 41.3 Å². The molecule has 0 radical (unpaired) electrons. The highest BCUT2D eigenvalue weighted by atomic mass is 32.2. The minimum Gasteiger partial charge on any atom is -0.497 e. The third-order valence-electron chi connectivity index (χ3n) is 3.18. The van der Waals surface area contributed by atoms with E-state index in [1.54, 1.807) is 40.0 Å². The Morgan fingerprint density at radius 2 is 1.86 bits per heavy atom. The summed E-state index contributed by atoms with van der Waals surface area (Å²) < 4.78 is 37.4. The first-order valence-corrected chi connectivity index (χ1v) is 7.92. The van der Waals surface area contributed by atoms with E-state index in [0.717, 1.165) is 11.3 Å². The van der Waals surface area contributed by atoms with Gasteiger partial charge < -0.3 is 9.26 Å². The van der Waals surface area contributed by atoms with Gasteiger partial charge in [0.05, 0.1) is 7.11 Å². The van der Waals surface area contributed by atoms with Crippen LogP contribution >= 0.6 is 0 Å². The second-order valence-electron chi connectivity index (χ2n) is 4.77. The Morgan fingerprint density at radius 1 is 1.24 bits per heavy atom. The summed E-state index contributed by atoms with van der Waals surface area (Å²) in [6.45, 7) is 4.95. The first-order chi connectivity index (χ1) is 9.85. The van der Waals surface area contributed by atoms with Gasteiger partial charge in [0.25, 0.3) is 0 Å². The molecule has 1 aromatic heterocycles. The van der Waals surface area contributed by atoms with Crippen molar-refractivity contribution in [1.29, 1.82) is 0 Å². The monoisotopic (exact) mass is 310 g/mol. The molecule has 1 N–H and O–H groups in total. The van der Waals surface area contributed by atoms with E-state index in [-0.39, 0.29) is 16.7 Å². The Morgan fingerprint density at radius 3 is 2.33 bits per heavy atom. The van der Waals surface area contributed by atoms with Crippen molar-refractivity contribution in [3.63, 3.8) is 0 Å². The van der Waals surface area contributed by atoms with Crippen molar-refractivity contribution in [2.45, 2.75) is 31.7 Å². The van der Waals surface area contributed by atoms with Crippen LogP contribution in [0.3, 0.4) is 0 Å². The van der Waals surface area contributed by atoms with E-state index < -0.39 is 10.0 Å². The molecule has 1 aromatic carbocycles. The quantitative estimate of drug-likeness (QED) is 0.916. The van der Waals surface area contributed by atoms with Gasteiger partial charge in [0.15, 0.2) is 5.76 Å². The van der Waals surface area contributed by atoms with Crippen LogP contribution in [0.5, 0.6) is 5.75 Å². The third kappa shape index (κ3) is 3.25. The molecule has 0 aliphatic heterocycles. The number of nitrogens with one attached hydrogen (secondary N) is 1. The molecule has 0 saturated carbocycles. The molecule has 2 aromatic rings. The van der Waals surface area contributed by atoms with Crippen LogP contribution < -0.4 is 9.46 Å². The lowest BCUT2D eigenvalue weighted by atomic mass is 10.1. The van der Waals surface area contributed by atoms with Gasteiger partial charge in [-0.3, -0.25) is 0 Å². The molecule has 6 nitrogen and oxygen atoms in total. The molecule has 7 heteroatoms. The summed E-state index contributed by atoms with van der Waals surface area (Å²) in [5.74, 6) is 1.00. The van der Waals surface area contributed by atoms with Gasteiger partial charge in [-0.1, -0.05) is 17.3 Å². The first-order valence-electron chi connectivity index (χ1n) is 6.44. The highest BCUT2D eigenvalue weighted by Crippen LogP contribution is 2.23. The highest BCUT2D eigenvalue weighted by molar-refractivity contribution is 7.89. The molecular formula is C14H18N2O4S. The molecule has 1 atom stereocenters. The summed E-state index contributed by atoms with van der Waals surface area (Å²) in [4.78, 5) is 0.0999. The summed E-state index contributed by atoms with van der Waals surface area (Å²) in [6, 6.07) is 6.83. The van der Waals surface area contributed by atoms with Gasteiger partial charge in [0.1, 0.15) is 16.3 Å². The molecule has 0 amide bonds. The van der Waals surface area contributed by atoms with Crippen LogP contribution in [0.25, 0.3) is 0 Å². The van der Waals surface area contributed by atoms with Gasteiger partial charge in [0, 0.05) is 6.04 Å². The standard InChI is InChI=1S/C14H18N2O4S/c1-9(12-5-7-13(19-4)8-6-12)16-21(17,18)14-10(2)15-20-11(14)3/h5-9,16H,1-4H3/t9-/m0/s1. The maximum atomic E-state index is 12.4. The third-order valence-corrected chi connectivity index (χ3v) is 4.97. The van der Waals surface area contributed by atoms with E-state index in [2.05, 4.69) is 9.88 Å². The van der Waals surface area contributed by atoms with Crippen LogP contribution in [0.4, 0.5) is 0 Å². The normalized spacial score (nSPS) is 13.1. The molecule has 0 unspecified atom stereocenters. The lowest BCUT2D eigenvalue weighted by Gasteiger charge is -2.14. The Bertz CT molecular complexity index is 700. The van der Waals surface area contributed by atoms with Gasteiger partial charge in [-0.25, -0.2) is 13.1 Å². The zero-order chi connectivity index (χ0) is 15.6. The Balaban J connectivity index is 2.23. The van der Waals surface area contributed by atoms with Crippen molar-refractivity contribution in [2.75, 3.05) is 7.11 Å². The van der Waals surface area contributed by atoms with Gasteiger partial charge in [-0.2, -0.15) is 0 Å². The number of aryl methyl sites for hydroxylation is 2. The van der Waals surface area contributed by atoms with Gasteiger partial charge in [-0.05, 0) is 38.5 Å². The average molecular weight is 310 g/mol. The first kappa shape index (κ1) is 15.5. The Labute approximate surface area is 124 Å². The smallest absolute Gasteiger partial charge is 0.246 e.